The standard InChI is InChI=1S/C12H15FN2O/c1-7-4-10(7)12(16)15-9-2-3-11(13)8(5-9)6-14/h2-3,5,7,10H,4,6,14H2,1H3,(H,15,16). The van der Waals surface area contributed by atoms with Gasteiger partial charge in [-0.25, -0.2) is 4.39 Å². The normalized spacial score (nSPS) is 22.9. The molecule has 3 N–H and O–H groups in total. The van der Waals surface area contributed by atoms with Crippen LogP contribution in [-0.2, 0) is 11.3 Å². The van der Waals surface area contributed by atoms with E-state index in [9.17, 15) is 9.18 Å². The fraction of sp³-hybridized carbons (Fsp3) is 0.417. The van der Waals surface area contributed by atoms with E-state index in [0.29, 0.717) is 17.2 Å². The van der Waals surface area contributed by atoms with E-state index >= 15 is 0 Å². The Hall–Kier alpha value is -1.42. The molecule has 0 aromatic heterocycles. The first kappa shape index (κ1) is 11.1. The molecule has 4 heteroatoms. The van der Waals surface area contributed by atoms with Crippen molar-refractivity contribution in [2.24, 2.45) is 17.6 Å². The van der Waals surface area contributed by atoms with Gasteiger partial charge in [0.25, 0.3) is 0 Å². The van der Waals surface area contributed by atoms with E-state index in [1.165, 1.54) is 6.07 Å². The highest BCUT2D eigenvalue weighted by atomic mass is 19.1. The molecular weight excluding hydrogens is 207 g/mol. The fourth-order valence-electron chi connectivity index (χ4n) is 1.73. The molecular formula is C12H15FN2O. The number of anilines is 1. The SMILES string of the molecule is CC1CC1C(=O)Nc1ccc(F)c(CN)c1. The molecule has 0 saturated heterocycles. The summed E-state index contributed by atoms with van der Waals surface area (Å²) in [6.45, 7) is 2.18. The molecule has 1 amide bonds. The van der Waals surface area contributed by atoms with E-state index < -0.39 is 0 Å². The molecule has 0 bridgehead atoms. The van der Waals surface area contributed by atoms with Crippen LogP contribution >= 0.6 is 0 Å². The average Bonchev–Trinajstić information content (AvgIpc) is 2.98. The molecule has 86 valence electrons. The molecule has 2 atom stereocenters. The second-order valence-corrected chi connectivity index (χ2v) is 4.32. The minimum Gasteiger partial charge on any atom is -0.326 e. The zero-order valence-corrected chi connectivity index (χ0v) is 9.16. The predicted octanol–water partition coefficient (Wildman–Crippen LogP) is 1.88. The van der Waals surface area contributed by atoms with E-state index in [1.54, 1.807) is 12.1 Å². The number of carbonyl (C=O) groups excluding carboxylic acids is 1. The van der Waals surface area contributed by atoms with Crippen LogP contribution in [0.2, 0.25) is 0 Å². The summed E-state index contributed by atoms with van der Waals surface area (Å²) in [6, 6.07) is 4.47. The van der Waals surface area contributed by atoms with Crippen LogP contribution in [-0.4, -0.2) is 5.91 Å². The summed E-state index contributed by atoms with van der Waals surface area (Å²) in [7, 11) is 0. The van der Waals surface area contributed by atoms with Crippen LogP contribution in [0.25, 0.3) is 0 Å². The highest BCUT2D eigenvalue weighted by Gasteiger charge is 2.39. The van der Waals surface area contributed by atoms with Crippen molar-refractivity contribution in [1.82, 2.24) is 0 Å². The minimum atomic E-state index is -0.333. The minimum absolute atomic E-state index is 0.0158. The second-order valence-electron chi connectivity index (χ2n) is 4.32. The number of hydrogen-bond acceptors (Lipinski definition) is 2. The molecule has 16 heavy (non-hydrogen) atoms. The van der Waals surface area contributed by atoms with Gasteiger partial charge in [-0.15, -0.1) is 0 Å². The van der Waals surface area contributed by atoms with Gasteiger partial charge in [-0.1, -0.05) is 6.92 Å². The number of amides is 1. The number of nitrogens with two attached hydrogens (primary N) is 1. The van der Waals surface area contributed by atoms with Crippen LogP contribution < -0.4 is 11.1 Å². The largest absolute Gasteiger partial charge is 0.326 e. The molecule has 0 heterocycles. The Morgan fingerprint density at radius 2 is 2.31 bits per heavy atom. The Morgan fingerprint density at radius 3 is 2.88 bits per heavy atom. The second kappa shape index (κ2) is 4.22. The van der Waals surface area contributed by atoms with Crippen molar-refractivity contribution in [3.05, 3.63) is 29.6 Å². The number of hydrogen-bond donors (Lipinski definition) is 2. The summed E-state index contributed by atoms with van der Waals surface area (Å²) < 4.78 is 13.1. The van der Waals surface area contributed by atoms with Crippen molar-refractivity contribution in [2.45, 2.75) is 19.9 Å². The van der Waals surface area contributed by atoms with Gasteiger partial charge in [-0.3, -0.25) is 4.79 Å². The third kappa shape index (κ3) is 2.22. The molecule has 0 aliphatic heterocycles. The fourth-order valence-corrected chi connectivity index (χ4v) is 1.73. The topological polar surface area (TPSA) is 55.1 Å². The maximum absolute atomic E-state index is 13.1. The van der Waals surface area contributed by atoms with Gasteiger partial charge in [0.15, 0.2) is 0 Å². The number of benzene rings is 1. The highest BCUT2D eigenvalue weighted by molar-refractivity contribution is 5.94. The number of halogens is 1. The first-order valence-electron chi connectivity index (χ1n) is 5.41. The summed E-state index contributed by atoms with van der Waals surface area (Å²) in [4.78, 5) is 11.6. The van der Waals surface area contributed by atoms with Crippen molar-refractivity contribution >= 4 is 11.6 Å². The van der Waals surface area contributed by atoms with Gasteiger partial charge in [0.2, 0.25) is 5.91 Å². The Kier molecular flexibility index (Phi) is 2.92. The Bertz CT molecular complexity index is 419. The van der Waals surface area contributed by atoms with Gasteiger partial charge in [-0.05, 0) is 30.5 Å². The highest BCUT2D eigenvalue weighted by Crippen LogP contribution is 2.38. The van der Waals surface area contributed by atoms with E-state index in [0.717, 1.165) is 6.42 Å². The van der Waals surface area contributed by atoms with Gasteiger partial charge in [0.1, 0.15) is 5.82 Å². The first-order valence-corrected chi connectivity index (χ1v) is 5.41. The van der Waals surface area contributed by atoms with Crippen LogP contribution in [0.5, 0.6) is 0 Å². The lowest BCUT2D eigenvalue weighted by atomic mass is 10.2. The lowest BCUT2D eigenvalue weighted by molar-refractivity contribution is -0.117. The van der Waals surface area contributed by atoms with Crippen LogP contribution in [0, 0.1) is 17.7 Å². The van der Waals surface area contributed by atoms with Gasteiger partial charge in [-0.2, -0.15) is 0 Å². The molecule has 1 aliphatic rings. The summed E-state index contributed by atoms with van der Waals surface area (Å²) >= 11 is 0. The zero-order chi connectivity index (χ0) is 11.7. The van der Waals surface area contributed by atoms with Crippen LogP contribution in [0.15, 0.2) is 18.2 Å². The molecule has 0 radical (unpaired) electrons. The summed E-state index contributed by atoms with van der Waals surface area (Å²) in [5.74, 6) is 0.267. The van der Waals surface area contributed by atoms with Crippen LogP contribution in [0.1, 0.15) is 18.9 Å². The van der Waals surface area contributed by atoms with Crippen LogP contribution in [0.3, 0.4) is 0 Å². The molecule has 1 aromatic rings. The van der Waals surface area contributed by atoms with Gasteiger partial charge in [0.05, 0.1) is 0 Å². The number of rotatable bonds is 3. The van der Waals surface area contributed by atoms with E-state index in [-0.39, 0.29) is 24.2 Å². The van der Waals surface area contributed by atoms with Crippen molar-refractivity contribution < 1.29 is 9.18 Å². The summed E-state index contributed by atoms with van der Waals surface area (Å²) in [5, 5.41) is 2.78. The monoisotopic (exact) mass is 222 g/mol. The lowest BCUT2D eigenvalue weighted by Crippen LogP contribution is -2.15. The Labute approximate surface area is 93.8 Å². The lowest BCUT2D eigenvalue weighted by Gasteiger charge is -2.07. The molecule has 1 fully saturated rings. The Balaban J connectivity index is 2.07. The molecule has 0 spiro atoms. The smallest absolute Gasteiger partial charge is 0.227 e. The molecule has 1 aromatic carbocycles. The summed E-state index contributed by atoms with van der Waals surface area (Å²) in [6.07, 6.45) is 0.941. The zero-order valence-electron chi connectivity index (χ0n) is 9.16. The van der Waals surface area contributed by atoms with E-state index in [1.807, 2.05) is 6.92 Å². The van der Waals surface area contributed by atoms with Crippen molar-refractivity contribution in [2.75, 3.05) is 5.32 Å². The van der Waals surface area contributed by atoms with Gasteiger partial charge < -0.3 is 11.1 Å². The molecule has 2 rings (SSSR count). The molecule has 1 aliphatic carbocycles. The maximum Gasteiger partial charge on any atom is 0.227 e. The molecule has 1 saturated carbocycles. The van der Waals surface area contributed by atoms with Crippen molar-refractivity contribution in [1.29, 1.82) is 0 Å². The van der Waals surface area contributed by atoms with E-state index in [4.69, 9.17) is 5.73 Å². The van der Waals surface area contributed by atoms with Crippen molar-refractivity contribution in [3.63, 3.8) is 0 Å². The average molecular weight is 222 g/mol. The molecule has 2 unspecified atom stereocenters. The van der Waals surface area contributed by atoms with Gasteiger partial charge in [0, 0.05) is 23.7 Å². The van der Waals surface area contributed by atoms with Crippen LogP contribution in [0.4, 0.5) is 10.1 Å². The number of carbonyl (C=O) groups is 1. The van der Waals surface area contributed by atoms with Crippen molar-refractivity contribution in [3.8, 4) is 0 Å². The predicted molar refractivity (Wildman–Crippen MR) is 60.2 cm³/mol. The van der Waals surface area contributed by atoms with Gasteiger partial charge >= 0.3 is 0 Å². The first-order chi connectivity index (χ1) is 7.61. The summed E-state index contributed by atoms with van der Waals surface area (Å²) in [5.41, 5.74) is 6.43. The third-order valence-corrected chi connectivity index (χ3v) is 2.98. The quantitative estimate of drug-likeness (QED) is 0.820. The Morgan fingerprint density at radius 1 is 1.62 bits per heavy atom. The molecule has 3 nitrogen and oxygen atoms in total. The number of nitrogens with one attached hydrogen (secondary N) is 1. The third-order valence-electron chi connectivity index (χ3n) is 2.98. The maximum atomic E-state index is 13.1. The van der Waals surface area contributed by atoms with E-state index in [2.05, 4.69) is 5.32 Å².